The van der Waals surface area contributed by atoms with E-state index in [4.69, 9.17) is 4.42 Å². The molecule has 142 valence electrons. The number of hydrogen-bond acceptors (Lipinski definition) is 7. The highest BCUT2D eigenvalue weighted by Gasteiger charge is 2.13. The smallest absolute Gasteiger partial charge is 0.276 e. The van der Waals surface area contributed by atoms with Gasteiger partial charge in [-0.3, -0.25) is 0 Å². The summed E-state index contributed by atoms with van der Waals surface area (Å²) in [5.74, 6) is 1.70. The number of benzene rings is 2. The molecule has 0 aliphatic rings. The third-order valence-electron chi connectivity index (χ3n) is 4.22. The Labute approximate surface area is 172 Å². The Balaban J connectivity index is 1.30. The number of thiazole rings is 1. The molecule has 0 bridgehead atoms. The van der Waals surface area contributed by atoms with Gasteiger partial charge >= 0.3 is 0 Å². The third kappa shape index (κ3) is 4.99. The fourth-order valence-electron chi connectivity index (χ4n) is 2.75. The quantitative estimate of drug-likeness (QED) is 0.366. The highest BCUT2D eigenvalue weighted by molar-refractivity contribution is 7.98. The summed E-state index contributed by atoms with van der Waals surface area (Å²) in [5, 5.41) is 15.2. The first kappa shape index (κ1) is 18.7. The van der Waals surface area contributed by atoms with Gasteiger partial charge in [-0.05, 0) is 23.6 Å². The van der Waals surface area contributed by atoms with E-state index in [1.807, 2.05) is 41.8 Å². The van der Waals surface area contributed by atoms with E-state index < -0.39 is 0 Å². The van der Waals surface area contributed by atoms with Crippen LogP contribution in [0.15, 0.2) is 75.7 Å². The molecule has 1 N–H and O–H groups in total. The van der Waals surface area contributed by atoms with Crippen molar-refractivity contribution in [2.24, 2.45) is 0 Å². The maximum absolute atomic E-state index is 5.80. The van der Waals surface area contributed by atoms with E-state index in [-0.39, 0.29) is 0 Å². The lowest BCUT2D eigenvalue weighted by molar-refractivity contribution is 0.404. The maximum atomic E-state index is 5.80. The van der Waals surface area contributed by atoms with Crippen molar-refractivity contribution in [2.75, 3.05) is 5.32 Å². The first-order valence-corrected chi connectivity index (χ1v) is 10.9. The van der Waals surface area contributed by atoms with Crippen LogP contribution in [0.25, 0.3) is 0 Å². The molecule has 0 aliphatic carbocycles. The van der Waals surface area contributed by atoms with E-state index in [0.29, 0.717) is 22.8 Å². The van der Waals surface area contributed by atoms with Crippen molar-refractivity contribution in [2.45, 2.75) is 30.2 Å². The molecule has 0 radical (unpaired) electrons. The number of hydrogen-bond donors (Lipinski definition) is 1. The monoisotopic (exact) mass is 408 g/mol. The van der Waals surface area contributed by atoms with Crippen LogP contribution in [-0.4, -0.2) is 15.2 Å². The molecule has 1 unspecified atom stereocenters. The number of thioether (sulfide) groups is 1. The SMILES string of the molecule is CC(Cc1nnc(SCc2csc(Nc3ccccc3)n2)o1)c1ccccc1. The first-order chi connectivity index (χ1) is 13.8. The van der Waals surface area contributed by atoms with Crippen molar-refractivity contribution in [3.63, 3.8) is 0 Å². The summed E-state index contributed by atoms with van der Waals surface area (Å²) in [7, 11) is 0. The molecule has 0 fully saturated rings. The van der Waals surface area contributed by atoms with Gasteiger partial charge in [0, 0.05) is 23.2 Å². The minimum Gasteiger partial charge on any atom is -0.416 e. The Hall–Kier alpha value is -2.64. The van der Waals surface area contributed by atoms with Gasteiger partial charge in [-0.25, -0.2) is 4.98 Å². The molecule has 2 aromatic heterocycles. The Morgan fingerprint density at radius 1 is 1.04 bits per heavy atom. The lowest BCUT2D eigenvalue weighted by atomic mass is 9.98. The second-order valence-corrected chi connectivity index (χ2v) is 8.19. The molecule has 28 heavy (non-hydrogen) atoms. The zero-order valence-corrected chi connectivity index (χ0v) is 17.0. The van der Waals surface area contributed by atoms with Gasteiger partial charge in [-0.15, -0.1) is 21.5 Å². The van der Waals surface area contributed by atoms with Crippen molar-refractivity contribution >= 4 is 33.9 Å². The highest BCUT2D eigenvalue weighted by Crippen LogP contribution is 2.27. The van der Waals surface area contributed by atoms with Crippen LogP contribution in [0.3, 0.4) is 0 Å². The average Bonchev–Trinajstić information content (AvgIpc) is 3.37. The predicted molar refractivity (Wildman–Crippen MR) is 114 cm³/mol. The molecule has 4 rings (SSSR count). The third-order valence-corrected chi connectivity index (χ3v) is 5.88. The topological polar surface area (TPSA) is 63.8 Å². The zero-order valence-electron chi connectivity index (χ0n) is 15.4. The van der Waals surface area contributed by atoms with Crippen LogP contribution in [-0.2, 0) is 12.2 Å². The summed E-state index contributed by atoms with van der Waals surface area (Å²) >= 11 is 3.10. The normalized spacial score (nSPS) is 12.0. The fraction of sp³-hybridized carbons (Fsp3) is 0.190. The second-order valence-electron chi connectivity index (χ2n) is 6.40. The molecular weight excluding hydrogens is 388 g/mol. The number of nitrogens with zero attached hydrogens (tertiary/aromatic N) is 3. The Bertz CT molecular complexity index is 1000. The van der Waals surface area contributed by atoms with E-state index in [0.717, 1.165) is 22.9 Å². The summed E-state index contributed by atoms with van der Waals surface area (Å²) in [6.45, 7) is 2.17. The summed E-state index contributed by atoms with van der Waals surface area (Å²) < 4.78 is 5.80. The van der Waals surface area contributed by atoms with Crippen molar-refractivity contribution < 1.29 is 4.42 Å². The summed E-state index contributed by atoms with van der Waals surface area (Å²) in [6, 6.07) is 20.4. The molecule has 0 saturated carbocycles. The van der Waals surface area contributed by atoms with Gasteiger partial charge in [0.1, 0.15) is 0 Å². The van der Waals surface area contributed by atoms with E-state index in [9.17, 15) is 0 Å². The summed E-state index contributed by atoms with van der Waals surface area (Å²) in [4.78, 5) is 4.61. The Kier molecular flexibility index (Phi) is 6.04. The van der Waals surface area contributed by atoms with E-state index in [1.165, 1.54) is 17.3 Å². The molecule has 0 saturated heterocycles. The molecule has 1 atom stereocenters. The fourth-order valence-corrected chi connectivity index (χ4v) is 4.26. The molecule has 0 amide bonds. The number of nitrogens with one attached hydrogen (secondary N) is 1. The van der Waals surface area contributed by atoms with Gasteiger partial charge in [0.15, 0.2) is 5.13 Å². The second kappa shape index (κ2) is 9.03. The molecule has 4 aromatic rings. The molecule has 5 nitrogen and oxygen atoms in total. The highest BCUT2D eigenvalue weighted by atomic mass is 32.2. The van der Waals surface area contributed by atoms with Gasteiger partial charge in [-0.2, -0.15) is 0 Å². The van der Waals surface area contributed by atoms with Crippen molar-refractivity contribution in [3.05, 3.63) is 83.2 Å². The van der Waals surface area contributed by atoms with E-state index in [2.05, 4.69) is 51.7 Å². The van der Waals surface area contributed by atoms with Crippen LogP contribution in [0.1, 0.15) is 30.0 Å². The van der Waals surface area contributed by atoms with Crippen LogP contribution in [0.5, 0.6) is 0 Å². The largest absolute Gasteiger partial charge is 0.416 e. The average molecular weight is 409 g/mol. The van der Waals surface area contributed by atoms with Crippen molar-refractivity contribution in [1.82, 2.24) is 15.2 Å². The van der Waals surface area contributed by atoms with Crippen LogP contribution in [0.4, 0.5) is 10.8 Å². The van der Waals surface area contributed by atoms with Crippen LogP contribution < -0.4 is 5.32 Å². The Morgan fingerprint density at radius 3 is 2.57 bits per heavy atom. The predicted octanol–water partition coefficient (Wildman–Crippen LogP) is 5.91. The van der Waals surface area contributed by atoms with E-state index in [1.54, 1.807) is 11.3 Å². The first-order valence-electron chi connectivity index (χ1n) is 9.03. The van der Waals surface area contributed by atoms with Crippen LogP contribution >= 0.6 is 23.1 Å². The minimum atomic E-state index is 0.338. The van der Waals surface area contributed by atoms with Crippen molar-refractivity contribution in [3.8, 4) is 0 Å². The van der Waals surface area contributed by atoms with Gasteiger partial charge in [0.2, 0.25) is 5.89 Å². The molecule has 2 heterocycles. The standard InChI is InChI=1S/C21H20N4OS2/c1-15(16-8-4-2-5-9-16)12-19-24-25-21(26-19)28-14-18-13-27-20(23-18)22-17-10-6-3-7-11-17/h2-11,13,15H,12,14H2,1H3,(H,22,23). The van der Waals surface area contributed by atoms with Gasteiger partial charge in [0.05, 0.1) is 5.69 Å². The molecule has 7 heteroatoms. The lowest BCUT2D eigenvalue weighted by Crippen LogP contribution is -1.98. The Morgan fingerprint density at radius 2 is 1.79 bits per heavy atom. The number of aromatic nitrogens is 3. The zero-order chi connectivity index (χ0) is 19.2. The molecule has 0 spiro atoms. The number of anilines is 2. The van der Waals surface area contributed by atoms with Gasteiger partial charge < -0.3 is 9.73 Å². The molecular formula is C21H20N4OS2. The van der Waals surface area contributed by atoms with E-state index >= 15 is 0 Å². The number of rotatable bonds is 8. The van der Waals surface area contributed by atoms with Crippen LogP contribution in [0, 0.1) is 0 Å². The van der Waals surface area contributed by atoms with Crippen LogP contribution in [0.2, 0.25) is 0 Å². The van der Waals surface area contributed by atoms with Gasteiger partial charge in [0.25, 0.3) is 5.22 Å². The summed E-state index contributed by atoms with van der Waals surface area (Å²) in [5.41, 5.74) is 3.30. The number of para-hydroxylation sites is 1. The summed E-state index contributed by atoms with van der Waals surface area (Å²) in [6.07, 6.45) is 0.736. The lowest BCUT2D eigenvalue weighted by Gasteiger charge is -2.08. The molecule has 0 aliphatic heterocycles. The molecule has 2 aromatic carbocycles. The van der Waals surface area contributed by atoms with Gasteiger partial charge in [-0.1, -0.05) is 67.2 Å². The minimum absolute atomic E-state index is 0.338. The maximum Gasteiger partial charge on any atom is 0.276 e. The van der Waals surface area contributed by atoms with Crippen molar-refractivity contribution in [1.29, 1.82) is 0 Å².